The Hall–Kier alpha value is -3.38. The molecule has 2 aromatic carbocycles. The molecule has 0 saturated heterocycles. The van der Waals surface area contributed by atoms with E-state index in [-0.39, 0.29) is 28.8 Å². The predicted molar refractivity (Wildman–Crippen MR) is 106 cm³/mol. The summed E-state index contributed by atoms with van der Waals surface area (Å²) in [7, 11) is 0. The number of rotatable bonds is 7. The van der Waals surface area contributed by atoms with E-state index in [2.05, 4.69) is 0 Å². The van der Waals surface area contributed by atoms with Crippen molar-refractivity contribution in [2.24, 2.45) is 0 Å². The van der Waals surface area contributed by atoms with Crippen molar-refractivity contribution in [3.8, 4) is 5.75 Å². The molecule has 0 aliphatic heterocycles. The van der Waals surface area contributed by atoms with Crippen molar-refractivity contribution >= 4 is 29.1 Å². The third-order valence-electron chi connectivity index (χ3n) is 3.91. The van der Waals surface area contributed by atoms with Gasteiger partial charge in [-0.15, -0.1) is 0 Å². The van der Waals surface area contributed by atoms with Gasteiger partial charge in [-0.1, -0.05) is 41.4 Å². The summed E-state index contributed by atoms with van der Waals surface area (Å²) < 4.78 is 11.0. The largest absolute Gasteiger partial charge is 0.479 e. The summed E-state index contributed by atoms with van der Waals surface area (Å²) in [4.78, 5) is 22.7. The van der Waals surface area contributed by atoms with E-state index in [1.165, 1.54) is 24.3 Å². The highest BCUT2D eigenvalue weighted by atomic mass is 35.5. The smallest absolute Gasteiger partial charge is 0.312 e. The van der Waals surface area contributed by atoms with Crippen LogP contribution in [0.15, 0.2) is 65.1 Å². The van der Waals surface area contributed by atoms with Crippen LogP contribution < -0.4 is 4.74 Å². The minimum atomic E-state index is -0.561. The second kappa shape index (κ2) is 8.54. The number of ether oxygens (including phenoxy) is 1. The summed E-state index contributed by atoms with van der Waals surface area (Å²) in [6, 6.07) is 14.8. The van der Waals surface area contributed by atoms with Crippen molar-refractivity contribution in [1.29, 1.82) is 0 Å². The number of halogens is 1. The van der Waals surface area contributed by atoms with Gasteiger partial charge in [-0.25, -0.2) is 0 Å². The van der Waals surface area contributed by atoms with E-state index in [1.54, 1.807) is 30.3 Å². The van der Waals surface area contributed by atoms with Gasteiger partial charge in [0.25, 0.3) is 0 Å². The fourth-order valence-electron chi connectivity index (χ4n) is 2.44. The number of carbonyl (C=O) groups is 1. The monoisotopic (exact) mass is 397 g/mol. The van der Waals surface area contributed by atoms with Gasteiger partial charge in [0.15, 0.2) is 11.5 Å². The van der Waals surface area contributed by atoms with E-state index in [0.29, 0.717) is 17.1 Å². The Morgan fingerprint density at radius 3 is 2.64 bits per heavy atom. The molecule has 0 fully saturated rings. The average Bonchev–Trinajstić information content (AvgIpc) is 3.13. The van der Waals surface area contributed by atoms with Crippen LogP contribution in [-0.2, 0) is 6.61 Å². The van der Waals surface area contributed by atoms with Crippen molar-refractivity contribution in [3.05, 3.63) is 98.5 Å². The molecule has 142 valence electrons. The minimum absolute atomic E-state index is 0.00220. The van der Waals surface area contributed by atoms with Crippen LogP contribution in [-0.4, -0.2) is 10.7 Å². The molecular formula is C21H16ClNO5. The Kier molecular flexibility index (Phi) is 5.91. The second-order valence-electron chi connectivity index (χ2n) is 6.03. The Bertz CT molecular complexity index is 1040. The predicted octanol–water partition coefficient (Wildman–Crippen LogP) is 5.62. The van der Waals surface area contributed by atoms with Crippen LogP contribution in [0.3, 0.4) is 0 Å². The zero-order chi connectivity index (χ0) is 20.1. The molecule has 0 radical (unpaired) electrons. The van der Waals surface area contributed by atoms with Gasteiger partial charge in [0.05, 0.1) is 4.92 Å². The van der Waals surface area contributed by atoms with Crippen LogP contribution in [0.2, 0.25) is 5.02 Å². The third-order valence-corrected chi connectivity index (χ3v) is 4.14. The first kappa shape index (κ1) is 19.4. The van der Waals surface area contributed by atoms with Crippen LogP contribution in [0.1, 0.15) is 27.4 Å². The molecule has 0 N–H and O–H groups in total. The van der Waals surface area contributed by atoms with Gasteiger partial charge >= 0.3 is 5.69 Å². The highest BCUT2D eigenvalue weighted by Crippen LogP contribution is 2.30. The number of nitrogens with zero attached hydrogens (tertiary/aromatic N) is 1. The zero-order valence-corrected chi connectivity index (χ0v) is 15.7. The standard InChI is InChI=1S/C21H16ClNO5/c1-14-2-4-15(5-3-14)20(24)10-9-17-7-8-18(28-17)13-27-21-11-6-16(22)12-19(21)23(25)26/h2-12H,13H2,1H3/b10-9+. The van der Waals surface area contributed by atoms with Crippen LogP contribution in [0.25, 0.3) is 6.08 Å². The minimum Gasteiger partial charge on any atom is -0.479 e. The molecule has 7 heteroatoms. The third kappa shape index (κ3) is 4.86. The molecule has 0 unspecified atom stereocenters. The lowest BCUT2D eigenvalue weighted by Gasteiger charge is -2.05. The first-order chi connectivity index (χ1) is 13.4. The summed E-state index contributed by atoms with van der Waals surface area (Å²) in [5.41, 5.74) is 1.45. The molecule has 0 spiro atoms. The van der Waals surface area contributed by atoms with Crippen LogP contribution >= 0.6 is 11.6 Å². The number of hydrogen-bond acceptors (Lipinski definition) is 5. The van der Waals surface area contributed by atoms with Gasteiger partial charge in [-0.2, -0.15) is 0 Å². The number of ketones is 1. The summed E-state index contributed by atoms with van der Waals surface area (Å²) in [5.74, 6) is 0.903. The molecule has 0 aliphatic carbocycles. The number of allylic oxidation sites excluding steroid dienone is 1. The van der Waals surface area contributed by atoms with E-state index >= 15 is 0 Å². The first-order valence-electron chi connectivity index (χ1n) is 8.37. The fraction of sp³-hybridized carbons (Fsp3) is 0.0952. The van der Waals surface area contributed by atoms with Crippen LogP contribution in [0, 0.1) is 17.0 Å². The maximum absolute atomic E-state index is 12.1. The SMILES string of the molecule is Cc1ccc(C(=O)/C=C/c2ccc(COc3ccc(Cl)cc3[N+](=O)[O-])o2)cc1. The molecule has 0 atom stereocenters. The lowest BCUT2D eigenvalue weighted by atomic mass is 10.1. The topological polar surface area (TPSA) is 82.6 Å². The number of aryl methyl sites for hydroxylation is 1. The highest BCUT2D eigenvalue weighted by molar-refractivity contribution is 6.30. The van der Waals surface area contributed by atoms with Crippen molar-refractivity contribution in [2.45, 2.75) is 13.5 Å². The molecule has 6 nitrogen and oxygen atoms in total. The molecule has 1 heterocycles. The van der Waals surface area contributed by atoms with Gasteiger partial charge in [0.1, 0.15) is 18.1 Å². The number of nitro groups is 1. The quantitative estimate of drug-likeness (QED) is 0.223. The van der Waals surface area contributed by atoms with Crippen molar-refractivity contribution in [3.63, 3.8) is 0 Å². The van der Waals surface area contributed by atoms with Gasteiger partial charge < -0.3 is 9.15 Å². The number of benzene rings is 2. The number of carbonyl (C=O) groups excluding carboxylic acids is 1. The second-order valence-corrected chi connectivity index (χ2v) is 6.46. The van der Waals surface area contributed by atoms with E-state index in [0.717, 1.165) is 5.56 Å². The van der Waals surface area contributed by atoms with Crippen molar-refractivity contribution in [2.75, 3.05) is 0 Å². The van der Waals surface area contributed by atoms with Crippen LogP contribution in [0.5, 0.6) is 5.75 Å². The Balaban J connectivity index is 1.64. The van der Waals surface area contributed by atoms with Crippen LogP contribution in [0.4, 0.5) is 5.69 Å². The fourth-order valence-corrected chi connectivity index (χ4v) is 2.60. The maximum atomic E-state index is 12.1. The summed E-state index contributed by atoms with van der Waals surface area (Å²) in [6.07, 6.45) is 2.99. The molecule has 3 rings (SSSR count). The normalized spacial score (nSPS) is 10.9. The zero-order valence-electron chi connectivity index (χ0n) is 14.9. The molecule has 0 aliphatic rings. The van der Waals surface area contributed by atoms with E-state index in [1.807, 2.05) is 19.1 Å². The molecule has 0 amide bonds. The van der Waals surface area contributed by atoms with E-state index in [9.17, 15) is 14.9 Å². The van der Waals surface area contributed by atoms with Gasteiger partial charge in [-0.3, -0.25) is 14.9 Å². The maximum Gasteiger partial charge on any atom is 0.312 e. The van der Waals surface area contributed by atoms with Gasteiger partial charge in [0.2, 0.25) is 0 Å². The van der Waals surface area contributed by atoms with Crippen molar-refractivity contribution < 1.29 is 18.9 Å². The summed E-state index contributed by atoms with van der Waals surface area (Å²) >= 11 is 5.78. The van der Waals surface area contributed by atoms with Gasteiger partial charge in [0, 0.05) is 16.7 Å². The summed E-state index contributed by atoms with van der Waals surface area (Å²) in [6.45, 7) is 1.96. The summed E-state index contributed by atoms with van der Waals surface area (Å²) in [5, 5.41) is 11.3. The number of furan rings is 1. The Morgan fingerprint density at radius 1 is 1.18 bits per heavy atom. The molecule has 0 bridgehead atoms. The number of hydrogen-bond donors (Lipinski definition) is 0. The van der Waals surface area contributed by atoms with E-state index in [4.69, 9.17) is 20.8 Å². The lowest BCUT2D eigenvalue weighted by Crippen LogP contribution is -1.98. The Labute approximate surface area is 166 Å². The van der Waals surface area contributed by atoms with E-state index < -0.39 is 4.92 Å². The molecule has 0 saturated carbocycles. The lowest BCUT2D eigenvalue weighted by molar-refractivity contribution is -0.385. The Morgan fingerprint density at radius 2 is 1.93 bits per heavy atom. The van der Waals surface area contributed by atoms with Crippen molar-refractivity contribution in [1.82, 2.24) is 0 Å². The molecule has 1 aromatic heterocycles. The average molecular weight is 398 g/mol. The molecule has 3 aromatic rings. The van der Waals surface area contributed by atoms with Gasteiger partial charge in [-0.05, 0) is 43.3 Å². The first-order valence-corrected chi connectivity index (χ1v) is 8.75. The molecular weight excluding hydrogens is 382 g/mol. The molecule has 28 heavy (non-hydrogen) atoms. The number of nitro benzene ring substituents is 1. The highest BCUT2D eigenvalue weighted by Gasteiger charge is 2.16.